The first-order valence-corrected chi connectivity index (χ1v) is 12.2. The number of hydrogen-bond donors (Lipinski definition) is 4. The Hall–Kier alpha value is -5.90. The molecule has 0 aliphatic carbocycles. The quantitative estimate of drug-likeness (QED) is 0.204. The van der Waals surface area contributed by atoms with Gasteiger partial charge in [-0.2, -0.15) is 0 Å². The Morgan fingerprint density at radius 2 is 1.20 bits per heavy atom. The molecule has 0 aliphatic rings. The molecule has 2 aromatic heterocycles. The zero-order chi connectivity index (χ0) is 28.8. The number of fused-ring (bicyclic) bond motifs is 2. The van der Waals surface area contributed by atoms with Gasteiger partial charge in [-0.05, 0) is 48.5 Å². The maximum absolute atomic E-state index is 13.0. The van der Waals surface area contributed by atoms with E-state index in [0.717, 1.165) is 6.07 Å². The predicted octanol–water partition coefficient (Wildman–Crippen LogP) is 5.86. The highest BCUT2D eigenvalue weighted by Gasteiger charge is 2.21. The Morgan fingerprint density at radius 3 is 1.80 bits per heavy atom. The van der Waals surface area contributed by atoms with Crippen molar-refractivity contribution in [3.63, 3.8) is 0 Å². The molecule has 2 heterocycles. The maximum atomic E-state index is 13.0. The van der Waals surface area contributed by atoms with Gasteiger partial charge in [-0.3, -0.25) is 9.59 Å². The molecule has 10 heteroatoms. The van der Waals surface area contributed by atoms with Crippen LogP contribution in [-0.4, -0.2) is 27.5 Å². The molecule has 6 rings (SSSR count). The molecule has 41 heavy (non-hydrogen) atoms. The summed E-state index contributed by atoms with van der Waals surface area (Å²) in [7, 11) is 1.37. The van der Waals surface area contributed by atoms with Gasteiger partial charge in [-0.1, -0.05) is 0 Å². The van der Waals surface area contributed by atoms with Gasteiger partial charge in [-0.25, -0.2) is 0 Å². The van der Waals surface area contributed by atoms with E-state index in [1.54, 1.807) is 36.4 Å². The van der Waals surface area contributed by atoms with E-state index in [-0.39, 0.29) is 68.0 Å². The second-order valence-corrected chi connectivity index (χ2v) is 9.09. The topological polar surface area (TPSA) is 160 Å². The first-order valence-electron chi connectivity index (χ1n) is 12.2. The van der Waals surface area contributed by atoms with Crippen LogP contribution in [0.2, 0.25) is 0 Å². The Bertz CT molecular complexity index is 2070. The third-order valence-corrected chi connectivity index (χ3v) is 6.44. The summed E-state index contributed by atoms with van der Waals surface area (Å²) in [4.78, 5) is 25.6. The molecule has 0 atom stereocenters. The van der Waals surface area contributed by atoms with Crippen LogP contribution in [0.4, 0.5) is 0 Å². The average Bonchev–Trinajstić information content (AvgIpc) is 2.94. The molecule has 10 nitrogen and oxygen atoms in total. The zero-order valence-electron chi connectivity index (χ0n) is 21.2. The van der Waals surface area contributed by atoms with Crippen LogP contribution in [-0.2, 0) is 0 Å². The number of ether oxygens (including phenoxy) is 2. The smallest absolute Gasteiger partial charge is 0.211 e. The molecular weight excluding hydrogens is 532 g/mol. The van der Waals surface area contributed by atoms with Crippen LogP contribution in [0.1, 0.15) is 0 Å². The Kier molecular flexibility index (Phi) is 6.00. The van der Waals surface area contributed by atoms with Gasteiger partial charge in [0.25, 0.3) is 0 Å². The van der Waals surface area contributed by atoms with Crippen molar-refractivity contribution < 1.29 is 38.7 Å². The molecule has 204 valence electrons. The fraction of sp³-hybridized carbons (Fsp3) is 0.0323. The first kappa shape index (κ1) is 25.4. The van der Waals surface area contributed by atoms with E-state index in [4.69, 9.17) is 18.3 Å². The standard InChI is InChI=1S/C31H20O10/c1-38-27-14-26-29(22(36)13-24(41-26)15-2-6-17(32)7-3-15)30(37)31(27)39-19-8-4-16(5-9-19)23-12-21(35)28-20(34)10-18(33)11-25(28)40-23/h2-14,32-34,37H,1H3. The molecule has 0 fully saturated rings. The highest BCUT2D eigenvalue weighted by atomic mass is 16.5. The van der Waals surface area contributed by atoms with Gasteiger partial charge < -0.3 is 38.7 Å². The zero-order valence-corrected chi connectivity index (χ0v) is 21.2. The lowest BCUT2D eigenvalue weighted by Crippen LogP contribution is -2.03. The fourth-order valence-corrected chi connectivity index (χ4v) is 4.48. The third-order valence-electron chi connectivity index (χ3n) is 6.44. The molecule has 0 saturated carbocycles. The molecule has 0 unspecified atom stereocenters. The minimum Gasteiger partial charge on any atom is -0.508 e. The maximum Gasteiger partial charge on any atom is 0.211 e. The molecule has 0 saturated heterocycles. The molecule has 4 aromatic carbocycles. The summed E-state index contributed by atoms with van der Waals surface area (Å²) in [5, 5.41) is 40.2. The van der Waals surface area contributed by atoms with Crippen molar-refractivity contribution in [2.45, 2.75) is 0 Å². The number of aromatic hydroxyl groups is 4. The molecule has 0 radical (unpaired) electrons. The summed E-state index contributed by atoms with van der Waals surface area (Å²) < 4.78 is 22.9. The van der Waals surface area contributed by atoms with E-state index in [2.05, 4.69) is 0 Å². The van der Waals surface area contributed by atoms with E-state index in [0.29, 0.717) is 11.1 Å². The summed E-state index contributed by atoms with van der Waals surface area (Å²) in [6.45, 7) is 0. The predicted molar refractivity (Wildman–Crippen MR) is 149 cm³/mol. The fourth-order valence-electron chi connectivity index (χ4n) is 4.48. The molecule has 4 N–H and O–H groups in total. The van der Waals surface area contributed by atoms with E-state index < -0.39 is 16.6 Å². The number of rotatable bonds is 5. The molecule has 0 bridgehead atoms. The normalized spacial score (nSPS) is 11.1. The SMILES string of the molecule is COc1cc2oc(-c3ccc(O)cc3)cc(=O)c2c(O)c1Oc1ccc(-c2cc(=O)c3c(O)cc(O)cc3o2)cc1. The number of phenols is 4. The van der Waals surface area contributed by atoms with E-state index in [9.17, 15) is 30.0 Å². The van der Waals surface area contributed by atoms with Gasteiger partial charge in [0.05, 0.1) is 7.11 Å². The van der Waals surface area contributed by atoms with Gasteiger partial charge in [0.2, 0.25) is 5.75 Å². The van der Waals surface area contributed by atoms with E-state index >= 15 is 0 Å². The van der Waals surface area contributed by atoms with Crippen molar-refractivity contribution in [1.82, 2.24) is 0 Å². The van der Waals surface area contributed by atoms with Crippen molar-refractivity contribution in [3.05, 3.63) is 99.3 Å². The first-order chi connectivity index (χ1) is 19.7. The van der Waals surface area contributed by atoms with Crippen LogP contribution >= 0.6 is 0 Å². The van der Waals surface area contributed by atoms with Crippen LogP contribution in [0, 0.1) is 0 Å². The minimum atomic E-state index is -0.516. The van der Waals surface area contributed by atoms with Crippen LogP contribution in [0.3, 0.4) is 0 Å². The Labute approximate surface area is 230 Å². The van der Waals surface area contributed by atoms with E-state index in [1.807, 2.05) is 0 Å². The van der Waals surface area contributed by atoms with E-state index in [1.165, 1.54) is 43.5 Å². The summed E-state index contributed by atoms with van der Waals surface area (Å²) >= 11 is 0. The Balaban J connectivity index is 1.36. The Morgan fingerprint density at radius 1 is 0.634 bits per heavy atom. The molecule has 0 aliphatic heterocycles. The molecule has 6 aromatic rings. The van der Waals surface area contributed by atoms with Gasteiger partial charge in [0.15, 0.2) is 22.4 Å². The van der Waals surface area contributed by atoms with Gasteiger partial charge in [0, 0.05) is 41.5 Å². The van der Waals surface area contributed by atoms with Gasteiger partial charge in [-0.15, -0.1) is 0 Å². The number of methoxy groups -OCH3 is 1. The van der Waals surface area contributed by atoms with Gasteiger partial charge >= 0.3 is 0 Å². The lowest BCUT2D eigenvalue weighted by Gasteiger charge is -2.14. The summed E-state index contributed by atoms with van der Waals surface area (Å²) in [6.07, 6.45) is 0. The van der Waals surface area contributed by atoms with Crippen molar-refractivity contribution in [2.24, 2.45) is 0 Å². The minimum absolute atomic E-state index is 0.0172. The largest absolute Gasteiger partial charge is 0.508 e. The van der Waals surface area contributed by atoms with Crippen LogP contribution in [0.25, 0.3) is 44.6 Å². The lowest BCUT2D eigenvalue weighted by atomic mass is 10.1. The van der Waals surface area contributed by atoms with Gasteiger partial charge in [0.1, 0.15) is 56.5 Å². The second kappa shape index (κ2) is 9.69. The van der Waals surface area contributed by atoms with Crippen LogP contribution in [0.15, 0.2) is 97.3 Å². The van der Waals surface area contributed by atoms with Crippen LogP contribution in [0.5, 0.6) is 40.2 Å². The average molecular weight is 552 g/mol. The van der Waals surface area contributed by atoms with Crippen molar-refractivity contribution in [1.29, 1.82) is 0 Å². The van der Waals surface area contributed by atoms with Crippen molar-refractivity contribution >= 4 is 21.9 Å². The highest BCUT2D eigenvalue weighted by Crippen LogP contribution is 2.44. The van der Waals surface area contributed by atoms with Crippen LogP contribution < -0.4 is 20.3 Å². The number of benzene rings is 4. The number of phenolic OH excluding ortho intramolecular Hbond substituents is 4. The summed E-state index contributed by atoms with van der Waals surface area (Å²) in [6, 6.07) is 18.6. The number of hydrogen-bond acceptors (Lipinski definition) is 10. The lowest BCUT2D eigenvalue weighted by molar-refractivity contribution is 0.359. The molecule has 0 amide bonds. The monoisotopic (exact) mass is 552 g/mol. The van der Waals surface area contributed by atoms with Crippen molar-refractivity contribution in [3.8, 4) is 62.9 Å². The highest BCUT2D eigenvalue weighted by molar-refractivity contribution is 5.90. The van der Waals surface area contributed by atoms with Crippen molar-refractivity contribution in [2.75, 3.05) is 7.11 Å². The molecule has 0 spiro atoms. The third kappa shape index (κ3) is 4.53. The molecular formula is C31H20O10. The second-order valence-electron chi connectivity index (χ2n) is 9.09. The summed E-state index contributed by atoms with van der Waals surface area (Å²) in [5.41, 5.74) is 0.132. The summed E-state index contributed by atoms with van der Waals surface area (Å²) in [5.74, 6) is -0.377.